The van der Waals surface area contributed by atoms with Crippen LogP contribution >= 0.6 is 11.3 Å². The summed E-state index contributed by atoms with van der Waals surface area (Å²) in [6, 6.07) is -0.666. The van der Waals surface area contributed by atoms with Crippen molar-refractivity contribution in [3.63, 3.8) is 0 Å². The number of hydrogen-bond acceptors (Lipinski definition) is 5. The Morgan fingerprint density at radius 2 is 2.31 bits per heavy atom. The third-order valence-corrected chi connectivity index (χ3v) is 3.35. The van der Waals surface area contributed by atoms with Crippen molar-refractivity contribution in [3.8, 4) is 0 Å². The van der Waals surface area contributed by atoms with Gasteiger partial charge in [0.2, 0.25) is 0 Å². The molecule has 1 atom stereocenters. The summed E-state index contributed by atoms with van der Waals surface area (Å²) in [6.07, 6.45) is 1.44. The number of carbonyl (C=O) groups is 1. The van der Waals surface area contributed by atoms with Crippen molar-refractivity contribution in [3.05, 3.63) is 17.3 Å². The molecule has 0 aromatic carbocycles. The number of rotatable bonds is 3. The number of carboxylic acid groups (broad SMARTS) is 1. The van der Waals surface area contributed by atoms with Gasteiger partial charge in [-0.2, -0.15) is 0 Å². The predicted molar refractivity (Wildman–Crippen MR) is 62.9 cm³/mol. The van der Waals surface area contributed by atoms with Crippen LogP contribution in [0.3, 0.4) is 0 Å². The zero-order valence-corrected chi connectivity index (χ0v) is 9.71. The maximum Gasteiger partial charge on any atom is 0.325 e. The highest BCUT2D eigenvalue weighted by Crippen LogP contribution is 2.28. The largest absolute Gasteiger partial charge is 0.480 e. The average Bonchev–Trinajstić information content (AvgIpc) is 2.62. The minimum absolute atomic E-state index is 0.581. The predicted octanol–water partition coefficient (Wildman–Crippen LogP) is 1.88. The molecule has 2 N–H and O–H groups in total. The maximum absolute atomic E-state index is 10.7. The summed E-state index contributed by atoms with van der Waals surface area (Å²) < 4.78 is 0.896. The van der Waals surface area contributed by atoms with Gasteiger partial charge in [0.25, 0.3) is 0 Å². The van der Waals surface area contributed by atoms with Crippen LogP contribution in [0, 0.1) is 6.92 Å². The van der Waals surface area contributed by atoms with Gasteiger partial charge < -0.3 is 10.4 Å². The second kappa shape index (κ2) is 4.05. The molecule has 6 heteroatoms. The molecule has 0 saturated heterocycles. The van der Waals surface area contributed by atoms with Gasteiger partial charge in [0.1, 0.15) is 18.2 Å². The fourth-order valence-corrected chi connectivity index (χ4v) is 2.29. The highest BCUT2D eigenvalue weighted by atomic mass is 32.1. The van der Waals surface area contributed by atoms with E-state index in [4.69, 9.17) is 5.11 Å². The van der Waals surface area contributed by atoms with E-state index in [1.54, 1.807) is 6.92 Å². The van der Waals surface area contributed by atoms with E-state index in [1.165, 1.54) is 17.7 Å². The van der Waals surface area contributed by atoms with Crippen molar-refractivity contribution < 1.29 is 9.90 Å². The minimum atomic E-state index is -0.903. The van der Waals surface area contributed by atoms with E-state index < -0.39 is 12.0 Å². The van der Waals surface area contributed by atoms with Crippen molar-refractivity contribution >= 4 is 33.3 Å². The fourth-order valence-electron chi connectivity index (χ4n) is 1.34. The van der Waals surface area contributed by atoms with Gasteiger partial charge in [-0.25, -0.2) is 9.97 Å². The molecule has 2 heterocycles. The van der Waals surface area contributed by atoms with Gasteiger partial charge in [0.05, 0.1) is 10.2 Å². The highest BCUT2D eigenvalue weighted by molar-refractivity contribution is 7.18. The number of aromatic nitrogens is 2. The van der Waals surface area contributed by atoms with Gasteiger partial charge in [-0.3, -0.25) is 4.79 Å². The average molecular weight is 237 g/mol. The number of thiophene rings is 1. The summed E-state index contributed by atoms with van der Waals surface area (Å²) >= 11 is 1.51. The Bertz CT molecular complexity index is 538. The SMILES string of the molecule is Cc1csc2c(N[C@H](C)C(=O)O)ncnc12. The smallest absolute Gasteiger partial charge is 0.325 e. The van der Waals surface area contributed by atoms with Gasteiger partial charge in [0.15, 0.2) is 0 Å². The van der Waals surface area contributed by atoms with Crippen LogP contribution in [0.15, 0.2) is 11.7 Å². The molecule has 2 aromatic heterocycles. The van der Waals surface area contributed by atoms with E-state index in [0.717, 1.165) is 15.8 Å². The molecule has 0 aliphatic heterocycles. The lowest BCUT2D eigenvalue weighted by atomic mass is 10.3. The lowest BCUT2D eigenvalue weighted by Crippen LogP contribution is -2.25. The first-order chi connectivity index (χ1) is 7.59. The summed E-state index contributed by atoms with van der Waals surface area (Å²) in [4.78, 5) is 19.0. The van der Waals surface area contributed by atoms with Crippen molar-refractivity contribution in [2.24, 2.45) is 0 Å². The van der Waals surface area contributed by atoms with Gasteiger partial charge in [-0.1, -0.05) is 0 Å². The second-order valence-electron chi connectivity index (χ2n) is 3.52. The Morgan fingerprint density at radius 1 is 1.56 bits per heavy atom. The Hall–Kier alpha value is -1.69. The Morgan fingerprint density at radius 3 is 3.00 bits per heavy atom. The number of anilines is 1. The number of nitrogens with one attached hydrogen (secondary N) is 1. The highest BCUT2D eigenvalue weighted by Gasteiger charge is 2.14. The van der Waals surface area contributed by atoms with Crippen LogP contribution in [-0.4, -0.2) is 27.1 Å². The van der Waals surface area contributed by atoms with Crippen LogP contribution in [0.25, 0.3) is 10.2 Å². The van der Waals surface area contributed by atoms with E-state index in [0.29, 0.717) is 5.82 Å². The molecular formula is C10H11N3O2S. The van der Waals surface area contributed by atoms with Gasteiger partial charge in [-0.15, -0.1) is 11.3 Å². The molecule has 2 rings (SSSR count). The van der Waals surface area contributed by atoms with E-state index in [2.05, 4.69) is 15.3 Å². The fraction of sp³-hybridized carbons (Fsp3) is 0.300. The van der Waals surface area contributed by atoms with Crippen molar-refractivity contribution in [2.45, 2.75) is 19.9 Å². The lowest BCUT2D eigenvalue weighted by Gasteiger charge is -2.09. The lowest BCUT2D eigenvalue weighted by molar-refractivity contribution is -0.137. The molecule has 0 amide bonds. The first-order valence-electron chi connectivity index (χ1n) is 4.77. The van der Waals surface area contributed by atoms with E-state index in [1.807, 2.05) is 12.3 Å². The molecule has 0 saturated carbocycles. The monoisotopic (exact) mass is 237 g/mol. The molecule has 5 nitrogen and oxygen atoms in total. The Kier molecular flexibility index (Phi) is 2.74. The number of fused-ring (bicyclic) bond motifs is 1. The zero-order chi connectivity index (χ0) is 11.7. The molecule has 0 unspecified atom stereocenters. The van der Waals surface area contributed by atoms with E-state index in [9.17, 15) is 4.79 Å². The summed E-state index contributed by atoms with van der Waals surface area (Å²) in [7, 11) is 0. The van der Waals surface area contributed by atoms with Gasteiger partial charge in [-0.05, 0) is 24.8 Å². The molecule has 84 valence electrons. The van der Waals surface area contributed by atoms with E-state index in [-0.39, 0.29) is 0 Å². The summed E-state index contributed by atoms with van der Waals surface area (Å²) in [5.41, 5.74) is 1.95. The van der Waals surface area contributed by atoms with Crippen molar-refractivity contribution in [1.82, 2.24) is 9.97 Å². The molecule has 0 aliphatic carbocycles. The van der Waals surface area contributed by atoms with Crippen LogP contribution in [0.5, 0.6) is 0 Å². The first-order valence-corrected chi connectivity index (χ1v) is 5.65. The number of carboxylic acids is 1. The Balaban J connectivity index is 2.41. The third-order valence-electron chi connectivity index (χ3n) is 2.25. The van der Waals surface area contributed by atoms with Crippen LogP contribution in [0.4, 0.5) is 5.82 Å². The minimum Gasteiger partial charge on any atom is -0.480 e. The van der Waals surface area contributed by atoms with Crippen LogP contribution in [0.2, 0.25) is 0 Å². The number of aryl methyl sites for hydroxylation is 1. The summed E-state index contributed by atoms with van der Waals surface area (Å²) in [6.45, 7) is 3.55. The normalized spacial score (nSPS) is 12.6. The molecule has 0 radical (unpaired) electrons. The standard InChI is InChI=1S/C10H11N3O2S/c1-5-3-16-8-7(5)11-4-12-9(8)13-6(2)10(14)15/h3-4,6H,1-2H3,(H,14,15)(H,11,12,13)/t6-/m1/s1. The van der Waals surface area contributed by atoms with Gasteiger partial charge in [0, 0.05) is 0 Å². The number of hydrogen-bond donors (Lipinski definition) is 2. The van der Waals surface area contributed by atoms with Crippen LogP contribution < -0.4 is 5.32 Å². The van der Waals surface area contributed by atoms with E-state index >= 15 is 0 Å². The molecule has 0 aliphatic rings. The molecule has 16 heavy (non-hydrogen) atoms. The molecule has 0 bridgehead atoms. The quantitative estimate of drug-likeness (QED) is 0.852. The first kappa shape index (κ1) is 10.8. The molecular weight excluding hydrogens is 226 g/mol. The maximum atomic E-state index is 10.7. The topological polar surface area (TPSA) is 75.1 Å². The molecule has 0 fully saturated rings. The van der Waals surface area contributed by atoms with Crippen molar-refractivity contribution in [2.75, 3.05) is 5.32 Å². The second-order valence-corrected chi connectivity index (χ2v) is 4.40. The third kappa shape index (κ3) is 1.83. The molecule has 2 aromatic rings. The zero-order valence-electron chi connectivity index (χ0n) is 8.89. The number of aliphatic carboxylic acids is 1. The Labute approximate surface area is 96.2 Å². The van der Waals surface area contributed by atoms with Crippen molar-refractivity contribution in [1.29, 1.82) is 0 Å². The summed E-state index contributed by atoms with van der Waals surface area (Å²) in [5.74, 6) is -0.321. The summed E-state index contributed by atoms with van der Waals surface area (Å²) in [5, 5.41) is 13.7. The number of nitrogens with zero attached hydrogens (tertiary/aromatic N) is 2. The van der Waals surface area contributed by atoms with Crippen LogP contribution in [0.1, 0.15) is 12.5 Å². The van der Waals surface area contributed by atoms with Crippen LogP contribution in [-0.2, 0) is 4.79 Å². The molecule has 0 spiro atoms. The van der Waals surface area contributed by atoms with Gasteiger partial charge >= 0.3 is 5.97 Å².